The highest BCUT2D eigenvalue weighted by molar-refractivity contribution is 8.15. The van der Waals surface area contributed by atoms with Gasteiger partial charge in [-0.2, -0.15) is 0 Å². The third-order valence-electron chi connectivity index (χ3n) is 4.94. The van der Waals surface area contributed by atoms with Crippen LogP contribution < -0.4 is 5.32 Å². The minimum Gasteiger partial charge on any atom is -0.383 e. The molecule has 30 heavy (non-hydrogen) atoms. The number of ether oxygens (including phenoxy) is 1. The number of hydrogen-bond acceptors (Lipinski definition) is 5. The summed E-state index contributed by atoms with van der Waals surface area (Å²) in [6, 6.07) is 14.0. The van der Waals surface area contributed by atoms with Crippen molar-refractivity contribution < 1.29 is 14.3 Å². The molecular formula is C23H29N3O3S. The highest BCUT2D eigenvalue weighted by Gasteiger charge is 2.39. The van der Waals surface area contributed by atoms with E-state index in [1.807, 2.05) is 42.5 Å². The summed E-state index contributed by atoms with van der Waals surface area (Å²) >= 11 is 1.36. The average molecular weight is 428 g/mol. The molecule has 1 aliphatic heterocycles. The Morgan fingerprint density at radius 3 is 2.77 bits per heavy atom. The summed E-state index contributed by atoms with van der Waals surface area (Å²) in [5.41, 5.74) is 0.813. The molecule has 7 heteroatoms. The molecule has 0 unspecified atom stereocenters. The van der Waals surface area contributed by atoms with E-state index in [1.54, 1.807) is 12.0 Å². The van der Waals surface area contributed by atoms with Gasteiger partial charge < -0.3 is 10.1 Å². The van der Waals surface area contributed by atoms with E-state index < -0.39 is 5.25 Å². The molecule has 2 amide bonds. The van der Waals surface area contributed by atoms with Crippen molar-refractivity contribution in [3.8, 4) is 0 Å². The standard InChI is InChI=1S/C23H29N3O3S/c1-16(2)11-12-24-21(27)15-20-22(28)26(13-14-29-3)23(30-20)25-19-10-6-8-17-7-4-5-9-18(17)19/h4-10,16,20H,11-15H2,1-3H3,(H,24,27)/t20-/m1/s1. The van der Waals surface area contributed by atoms with Crippen LogP contribution in [0.25, 0.3) is 10.8 Å². The van der Waals surface area contributed by atoms with Crippen molar-refractivity contribution in [1.29, 1.82) is 0 Å². The van der Waals surface area contributed by atoms with Crippen LogP contribution in [0.3, 0.4) is 0 Å². The van der Waals surface area contributed by atoms with Gasteiger partial charge >= 0.3 is 0 Å². The zero-order valence-electron chi connectivity index (χ0n) is 17.8. The largest absolute Gasteiger partial charge is 0.383 e. The third kappa shape index (κ3) is 5.61. The van der Waals surface area contributed by atoms with Crippen LogP contribution in [0.2, 0.25) is 0 Å². The summed E-state index contributed by atoms with van der Waals surface area (Å²) in [7, 11) is 1.61. The van der Waals surface area contributed by atoms with E-state index in [0.717, 1.165) is 22.9 Å². The molecule has 1 N–H and O–H groups in total. The molecule has 0 aromatic heterocycles. The van der Waals surface area contributed by atoms with Crippen molar-refractivity contribution >= 4 is 45.2 Å². The number of amides is 2. The predicted molar refractivity (Wildman–Crippen MR) is 123 cm³/mol. The van der Waals surface area contributed by atoms with Gasteiger partial charge in [0.25, 0.3) is 0 Å². The Bertz CT molecular complexity index is 924. The Morgan fingerprint density at radius 2 is 2.00 bits per heavy atom. The summed E-state index contributed by atoms with van der Waals surface area (Å²) in [6.07, 6.45) is 1.07. The highest BCUT2D eigenvalue weighted by Crippen LogP contribution is 2.33. The average Bonchev–Trinajstić information content (AvgIpc) is 3.00. The maximum Gasteiger partial charge on any atom is 0.242 e. The summed E-state index contributed by atoms with van der Waals surface area (Å²) in [5.74, 6) is 0.339. The van der Waals surface area contributed by atoms with Crippen LogP contribution in [0.1, 0.15) is 26.7 Å². The number of thioether (sulfide) groups is 1. The van der Waals surface area contributed by atoms with Gasteiger partial charge in [0, 0.05) is 25.5 Å². The number of carbonyl (C=O) groups excluding carboxylic acids is 2. The quantitative estimate of drug-likeness (QED) is 0.657. The number of carbonyl (C=O) groups is 2. The van der Waals surface area contributed by atoms with E-state index in [1.165, 1.54) is 11.8 Å². The molecule has 0 saturated carbocycles. The van der Waals surface area contributed by atoms with E-state index in [-0.39, 0.29) is 18.2 Å². The number of aliphatic imine (C=N–C) groups is 1. The zero-order chi connectivity index (χ0) is 21.5. The van der Waals surface area contributed by atoms with Crippen molar-refractivity contribution in [1.82, 2.24) is 10.2 Å². The third-order valence-corrected chi connectivity index (χ3v) is 6.11. The van der Waals surface area contributed by atoms with Crippen LogP contribution in [0.5, 0.6) is 0 Å². The van der Waals surface area contributed by atoms with E-state index in [0.29, 0.717) is 30.8 Å². The van der Waals surface area contributed by atoms with Crippen molar-refractivity contribution in [2.45, 2.75) is 31.9 Å². The van der Waals surface area contributed by atoms with Crippen LogP contribution in [0, 0.1) is 5.92 Å². The fourth-order valence-corrected chi connectivity index (χ4v) is 4.44. The molecule has 0 spiro atoms. The summed E-state index contributed by atoms with van der Waals surface area (Å²) in [5, 5.41) is 5.20. The number of rotatable bonds is 9. The van der Waals surface area contributed by atoms with Gasteiger partial charge in [0.2, 0.25) is 11.8 Å². The second-order valence-corrected chi connectivity index (χ2v) is 8.89. The smallest absolute Gasteiger partial charge is 0.242 e. The van der Waals surface area contributed by atoms with Gasteiger partial charge in [0.15, 0.2) is 5.17 Å². The first-order valence-corrected chi connectivity index (χ1v) is 11.2. The van der Waals surface area contributed by atoms with E-state index in [4.69, 9.17) is 9.73 Å². The Hall–Kier alpha value is -2.38. The predicted octanol–water partition coefficient (Wildman–Crippen LogP) is 3.97. The molecule has 1 aliphatic rings. The van der Waals surface area contributed by atoms with Crippen LogP contribution >= 0.6 is 11.8 Å². The van der Waals surface area contributed by atoms with Crippen molar-refractivity contribution in [3.05, 3.63) is 42.5 Å². The fraction of sp³-hybridized carbons (Fsp3) is 0.435. The van der Waals surface area contributed by atoms with Crippen LogP contribution in [-0.4, -0.2) is 53.9 Å². The molecular weight excluding hydrogens is 398 g/mol. The molecule has 0 aliphatic carbocycles. The topological polar surface area (TPSA) is 71.0 Å². The Kier molecular flexibility index (Phi) is 7.87. The van der Waals surface area contributed by atoms with E-state index in [9.17, 15) is 9.59 Å². The molecule has 1 saturated heterocycles. The van der Waals surface area contributed by atoms with Crippen LogP contribution in [0.4, 0.5) is 5.69 Å². The number of fused-ring (bicyclic) bond motifs is 1. The molecule has 3 rings (SSSR count). The maximum absolute atomic E-state index is 13.0. The lowest BCUT2D eigenvalue weighted by molar-refractivity contribution is -0.129. The summed E-state index contributed by atoms with van der Waals surface area (Å²) < 4.78 is 5.18. The Balaban J connectivity index is 1.79. The minimum atomic E-state index is -0.463. The normalized spacial score (nSPS) is 18.0. The van der Waals surface area contributed by atoms with Gasteiger partial charge in [-0.3, -0.25) is 14.5 Å². The summed E-state index contributed by atoms with van der Waals surface area (Å²) in [4.78, 5) is 31.8. The first-order chi connectivity index (χ1) is 14.5. The SMILES string of the molecule is COCCN1C(=O)[C@@H](CC(=O)NCCC(C)C)SC1=Nc1cccc2ccccc12. The lowest BCUT2D eigenvalue weighted by Gasteiger charge is -2.16. The molecule has 1 atom stereocenters. The van der Waals surface area contributed by atoms with Crippen LogP contribution in [0.15, 0.2) is 47.5 Å². The maximum atomic E-state index is 13.0. The molecule has 0 bridgehead atoms. The number of nitrogens with one attached hydrogen (secondary N) is 1. The van der Waals surface area contributed by atoms with E-state index >= 15 is 0 Å². The van der Waals surface area contributed by atoms with Gasteiger partial charge in [-0.15, -0.1) is 0 Å². The fourth-order valence-electron chi connectivity index (χ4n) is 3.26. The number of nitrogens with zero attached hydrogens (tertiary/aromatic N) is 2. The molecule has 160 valence electrons. The number of hydrogen-bond donors (Lipinski definition) is 1. The van der Waals surface area contributed by atoms with Crippen molar-refractivity contribution in [3.63, 3.8) is 0 Å². The number of amidine groups is 1. The van der Waals surface area contributed by atoms with Gasteiger partial charge in [0.05, 0.1) is 18.8 Å². The molecule has 2 aromatic carbocycles. The van der Waals surface area contributed by atoms with Crippen LogP contribution in [-0.2, 0) is 14.3 Å². The Morgan fingerprint density at radius 1 is 1.23 bits per heavy atom. The number of methoxy groups -OCH3 is 1. The zero-order valence-corrected chi connectivity index (χ0v) is 18.6. The molecule has 0 radical (unpaired) electrons. The highest BCUT2D eigenvalue weighted by atomic mass is 32.2. The molecule has 1 heterocycles. The first-order valence-electron chi connectivity index (χ1n) is 10.3. The molecule has 6 nitrogen and oxygen atoms in total. The minimum absolute atomic E-state index is 0.0879. The monoisotopic (exact) mass is 427 g/mol. The Labute approximate surface area is 182 Å². The van der Waals surface area contributed by atoms with Gasteiger partial charge in [-0.25, -0.2) is 4.99 Å². The van der Waals surface area contributed by atoms with Gasteiger partial charge in [-0.05, 0) is 23.8 Å². The van der Waals surface area contributed by atoms with Gasteiger partial charge in [0.1, 0.15) is 5.25 Å². The molecule has 1 fully saturated rings. The number of benzene rings is 2. The molecule has 2 aromatic rings. The van der Waals surface area contributed by atoms with Gasteiger partial charge in [-0.1, -0.05) is 62.0 Å². The second-order valence-electron chi connectivity index (χ2n) is 7.72. The first kappa shape index (κ1) is 22.3. The summed E-state index contributed by atoms with van der Waals surface area (Å²) in [6.45, 7) is 5.69. The second kappa shape index (κ2) is 10.6. The lowest BCUT2D eigenvalue weighted by atomic mass is 10.1. The van der Waals surface area contributed by atoms with Crippen molar-refractivity contribution in [2.24, 2.45) is 10.9 Å². The van der Waals surface area contributed by atoms with E-state index in [2.05, 4.69) is 19.2 Å². The lowest BCUT2D eigenvalue weighted by Crippen LogP contribution is -2.36. The van der Waals surface area contributed by atoms with Crippen molar-refractivity contribution in [2.75, 3.05) is 26.8 Å².